The number of ether oxygens (including phenoxy) is 2. The lowest BCUT2D eigenvalue weighted by Gasteiger charge is -2.14. The second-order valence-electron chi connectivity index (χ2n) is 8.25. The van der Waals surface area contributed by atoms with Crippen LogP contribution >= 0.6 is 11.8 Å². The summed E-state index contributed by atoms with van der Waals surface area (Å²) < 4.78 is 10.9. The molecule has 1 aliphatic rings. The van der Waals surface area contributed by atoms with Gasteiger partial charge in [-0.2, -0.15) is 0 Å². The van der Waals surface area contributed by atoms with Gasteiger partial charge in [-0.3, -0.25) is 29.4 Å². The largest absolute Gasteiger partial charge is 0.493 e. The molecule has 0 radical (unpaired) electrons. The van der Waals surface area contributed by atoms with Crippen LogP contribution in [0.15, 0.2) is 71.6 Å². The number of nitro groups is 1. The first-order chi connectivity index (χ1) is 18.2. The molecule has 0 saturated carbocycles. The molecule has 3 aromatic carbocycles. The van der Waals surface area contributed by atoms with Crippen LogP contribution in [0.2, 0.25) is 0 Å². The summed E-state index contributed by atoms with van der Waals surface area (Å²) >= 11 is 0.869. The average molecular weight is 534 g/mol. The van der Waals surface area contributed by atoms with Gasteiger partial charge in [-0.15, -0.1) is 0 Å². The SMILES string of the molecule is COc1cc(/C=C2\SC(=O)N(Cc3ccccc3C)C2=O)ccc1OCC(=O)Nc1cccc([N+](=O)[O-])c1. The topological polar surface area (TPSA) is 128 Å². The molecule has 11 heteroatoms. The first kappa shape index (κ1) is 26.4. The predicted octanol–water partition coefficient (Wildman–Crippen LogP) is 5.17. The number of imide groups is 1. The van der Waals surface area contributed by atoms with E-state index in [1.807, 2.05) is 31.2 Å². The summed E-state index contributed by atoms with van der Waals surface area (Å²) in [5, 5.41) is 13.1. The average Bonchev–Trinajstić information content (AvgIpc) is 3.16. The fourth-order valence-electron chi connectivity index (χ4n) is 3.68. The van der Waals surface area contributed by atoms with Crippen LogP contribution in [0.4, 0.5) is 16.2 Å². The summed E-state index contributed by atoms with van der Waals surface area (Å²) in [5.74, 6) is -0.285. The molecule has 0 aromatic heterocycles. The molecule has 0 aliphatic carbocycles. The second kappa shape index (κ2) is 11.6. The Hall–Kier alpha value is -4.64. The van der Waals surface area contributed by atoms with Crippen molar-refractivity contribution in [2.24, 2.45) is 0 Å². The summed E-state index contributed by atoms with van der Waals surface area (Å²) in [6.07, 6.45) is 1.60. The molecule has 1 fully saturated rings. The fraction of sp³-hybridized carbons (Fsp3) is 0.148. The molecule has 1 aliphatic heterocycles. The maximum Gasteiger partial charge on any atom is 0.293 e. The van der Waals surface area contributed by atoms with Gasteiger partial charge < -0.3 is 14.8 Å². The minimum absolute atomic E-state index is 0.144. The van der Waals surface area contributed by atoms with Crippen LogP contribution in [-0.4, -0.2) is 40.6 Å². The summed E-state index contributed by atoms with van der Waals surface area (Å²) in [6.45, 7) is 1.76. The Balaban J connectivity index is 1.41. The highest BCUT2D eigenvalue weighted by atomic mass is 32.2. The zero-order chi connectivity index (χ0) is 27.2. The van der Waals surface area contributed by atoms with E-state index in [2.05, 4.69) is 5.32 Å². The molecule has 1 saturated heterocycles. The molecule has 38 heavy (non-hydrogen) atoms. The van der Waals surface area contributed by atoms with Crippen molar-refractivity contribution in [2.45, 2.75) is 13.5 Å². The molecule has 194 valence electrons. The Kier molecular flexibility index (Phi) is 8.07. The van der Waals surface area contributed by atoms with Crippen molar-refractivity contribution < 1.29 is 28.8 Å². The number of aryl methyl sites for hydroxylation is 1. The third-order valence-electron chi connectivity index (χ3n) is 5.65. The van der Waals surface area contributed by atoms with Crippen LogP contribution in [-0.2, 0) is 16.1 Å². The molecule has 4 rings (SSSR count). The number of amides is 3. The lowest BCUT2D eigenvalue weighted by molar-refractivity contribution is -0.384. The minimum Gasteiger partial charge on any atom is -0.493 e. The number of nitro benzene ring substituents is 1. The third-order valence-corrected chi connectivity index (χ3v) is 6.56. The highest BCUT2D eigenvalue weighted by Crippen LogP contribution is 2.35. The maximum absolute atomic E-state index is 12.9. The van der Waals surface area contributed by atoms with E-state index < -0.39 is 10.8 Å². The molecule has 1 heterocycles. The Morgan fingerprint density at radius 1 is 1.08 bits per heavy atom. The Bertz CT molecular complexity index is 1450. The van der Waals surface area contributed by atoms with Crippen LogP contribution in [0, 0.1) is 17.0 Å². The predicted molar refractivity (Wildman–Crippen MR) is 143 cm³/mol. The van der Waals surface area contributed by atoms with Gasteiger partial charge in [0.25, 0.3) is 22.7 Å². The van der Waals surface area contributed by atoms with E-state index in [9.17, 15) is 24.5 Å². The number of hydrogen-bond donors (Lipinski definition) is 1. The summed E-state index contributed by atoms with van der Waals surface area (Å²) in [4.78, 5) is 49.6. The zero-order valence-electron chi connectivity index (χ0n) is 20.5. The molecule has 3 aromatic rings. The number of non-ortho nitro benzene ring substituents is 1. The van der Waals surface area contributed by atoms with Gasteiger partial charge in [0.1, 0.15) is 0 Å². The number of benzene rings is 3. The van der Waals surface area contributed by atoms with Crippen LogP contribution in [0.5, 0.6) is 11.5 Å². The van der Waals surface area contributed by atoms with E-state index >= 15 is 0 Å². The number of nitrogens with zero attached hydrogens (tertiary/aromatic N) is 2. The molecule has 10 nitrogen and oxygen atoms in total. The number of nitrogens with one attached hydrogen (secondary N) is 1. The number of carbonyl (C=O) groups is 3. The van der Waals surface area contributed by atoms with Gasteiger partial charge in [0.15, 0.2) is 18.1 Å². The van der Waals surface area contributed by atoms with Crippen molar-refractivity contribution in [1.29, 1.82) is 0 Å². The van der Waals surface area contributed by atoms with Gasteiger partial charge in [0, 0.05) is 17.8 Å². The summed E-state index contributed by atoms with van der Waals surface area (Å²) in [7, 11) is 1.44. The van der Waals surface area contributed by atoms with E-state index in [-0.39, 0.29) is 46.3 Å². The van der Waals surface area contributed by atoms with Gasteiger partial charge in [0.2, 0.25) is 0 Å². The van der Waals surface area contributed by atoms with E-state index in [0.29, 0.717) is 11.3 Å². The zero-order valence-corrected chi connectivity index (χ0v) is 21.3. The highest BCUT2D eigenvalue weighted by Gasteiger charge is 2.35. The van der Waals surface area contributed by atoms with Gasteiger partial charge in [-0.05, 0) is 59.7 Å². The lowest BCUT2D eigenvalue weighted by Crippen LogP contribution is -2.27. The molecule has 3 amide bonds. The van der Waals surface area contributed by atoms with Gasteiger partial charge in [-0.1, -0.05) is 36.4 Å². The number of rotatable bonds is 9. The number of hydrogen-bond acceptors (Lipinski definition) is 8. The monoisotopic (exact) mass is 533 g/mol. The number of thioether (sulfide) groups is 1. The van der Waals surface area contributed by atoms with Crippen molar-refractivity contribution >= 4 is 46.3 Å². The quantitative estimate of drug-likeness (QED) is 0.227. The first-order valence-corrected chi connectivity index (χ1v) is 12.2. The Morgan fingerprint density at radius 2 is 1.87 bits per heavy atom. The van der Waals surface area contributed by atoms with Gasteiger partial charge in [-0.25, -0.2) is 0 Å². The summed E-state index contributed by atoms with van der Waals surface area (Å²) in [5.41, 5.74) is 2.63. The smallest absolute Gasteiger partial charge is 0.293 e. The Labute approximate surface area is 222 Å². The van der Waals surface area contributed by atoms with E-state index in [1.54, 1.807) is 24.3 Å². The van der Waals surface area contributed by atoms with E-state index in [1.165, 1.54) is 36.3 Å². The Morgan fingerprint density at radius 3 is 2.61 bits per heavy atom. The lowest BCUT2D eigenvalue weighted by atomic mass is 10.1. The van der Waals surface area contributed by atoms with Crippen LogP contribution in [0.25, 0.3) is 6.08 Å². The number of carbonyl (C=O) groups excluding carboxylic acids is 3. The number of anilines is 1. The highest BCUT2D eigenvalue weighted by molar-refractivity contribution is 8.18. The van der Waals surface area contributed by atoms with Crippen molar-refractivity contribution in [3.05, 3.63) is 98.4 Å². The molecular formula is C27H23N3O7S. The van der Waals surface area contributed by atoms with Gasteiger partial charge >= 0.3 is 0 Å². The van der Waals surface area contributed by atoms with Crippen LogP contribution in [0.1, 0.15) is 16.7 Å². The van der Waals surface area contributed by atoms with Crippen molar-refractivity contribution in [3.8, 4) is 11.5 Å². The van der Waals surface area contributed by atoms with Crippen LogP contribution in [0.3, 0.4) is 0 Å². The normalized spacial score (nSPS) is 14.1. The van der Waals surface area contributed by atoms with Gasteiger partial charge in [0.05, 0.1) is 23.5 Å². The van der Waals surface area contributed by atoms with Crippen molar-refractivity contribution in [2.75, 3.05) is 19.0 Å². The van der Waals surface area contributed by atoms with Crippen LogP contribution < -0.4 is 14.8 Å². The minimum atomic E-state index is -0.552. The standard InChI is InChI=1S/C27H23N3O7S/c1-17-6-3-4-7-19(17)15-29-26(32)24(38-27(29)33)13-18-10-11-22(23(12-18)36-2)37-16-25(31)28-20-8-5-9-21(14-20)30(34)35/h3-14H,15-16H2,1-2H3,(H,28,31)/b24-13-. The van der Waals surface area contributed by atoms with E-state index in [0.717, 1.165) is 22.9 Å². The molecule has 0 unspecified atom stereocenters. The number of methoxy groups -OCH3 is 1. The van der Waals surface area contributed by atoms with E-state index in [4.69, 9.17) is 9.47 Å². The molecule has 0 atom stereocenters. The second-order valence-corrected chi connectivity index (χ2v) is 9.24. The maximum atomic E-state index is 12.9. The summed E-state index contributed by atoms with van der Waals surface area (Å²) in [6, 6.07) is 18.0. The first-order valence-electron chi connectivity index (χ1n) is 11.4. The molecule has 0 spiro atoms. The molecular weight excluding hydrogens is 510 g/mol. The fourth-order valence-corrected chi connectivity index (χ4v) is 4.51. The van der Waals surface area contributed by atoms with Crippen molar-refractivity contribution in [1.82, 2.24) is 4.90 Å². The van der Waals surface area contributed by atoms with Crippen molar-refractivity contribution in [3.63, 3.8) is 0 Å². The molecule has 1 N–H and O–H groups in total. The molecule has 0 bridgehead atoms. The third kappa shape index (κ3) is 6.19.